The van der Waals surface area contributed by atoms with Crippen molar-refractivity contribution < 1.29 is 19.1 Å². The summed E-state index contributed by atoms with van der Waals surface area (Å²) in [6.07, 6.45) is 1.46. The Balaban J connectivity index is 1.31. The van der Waals surface area contributed by atoms with Crippen LogP contribution >= 0.6 is 0 Å². The lowest BCUT2D eigenvalue weighted by atomic mass is 9.83. The predicted octanol–water partition coefficient (Wildman–Crippen LogP) is 4.50. The third-order valence-electron chi connectivity index (χ3n) is 7.91. The molecule has 1 N–H and O–H groups in total. The number of piperazine rings is 1. The molecule has 2 amide bonds. The third kappa shape index (κ3) is 6.98. The van der Waals surface area contributed by atoms with Gasteiger partial charge in [-0.15, -0.1) is 0 Å². The predicted molar refractivity (Wildman–Crippen MR) is 161 cm³/mol. The molecule has 3 aromatic carbocycles. The Bertz CT molecular complexity index is 1390. The van der Waals surface area contributed by atoms with E-state index in [9.17, 15) is 9.59 Å². The van der Waals surface area contributed by atoms with Crippen molar-refractivity contribution in [2.24, 2.45) is 0 Å². The summed E-state index contributed by atoms with van der Waals surface area (Å²) < 4.78 is 11.8. The second kappa shape index (κ2) is 13.0. The maximum Gasteiger partial charge on any atom is 0.251 e. The van der Waals surface area contributed by atoms with Crippen LogP contribution in [0.4, 0.5) is 0 Å². The Labute approximate surface area is 242 Å². The number of para-hydroxylation sites is 1. The van der Waals surface area contributed by atoms with Gasteiger partial charge in [0, 0.05) is 45.2 Å². The molecule has 7 heteroatoms. The highest BCUT2D eigenvalue weighted by atomic mass is 16.5. The number of aryl methyl sites for hydroxylation is 1. The van der Waals surface area contributed by atoms with Gasteiger partial charge in [0.1, 0.15) is 24.7 Å². The molecule has 0 aromatic heterocycles. The van der Waals surface area contributed by atoms with E-state index in [-0.39, 0.29) is 23.9 Å². The van der Waals surface area contributed by atoms with Gasteiger partial charge < -0.3 is 24.6 Å². The number of benzene rings is 3. The number of carbonyl (C=O) groups is 2. The van der Waals surface area contributed by atoms with Gasteiger partial charge in [-0.25, -0.2) is 0 Å². The Morgan fingerprint density at radius 1 is 0.927 bits per heavy atom. The summed E-state index contributed by atoms with van der Waals surface area (Å²) in [7, 11) is 1.86. The molecule has 0 spiro atoms. The first-order chi connectivity index (χ1) is 19.9. The van der Waals surface area contributed by atoms with Crippen molar-refractivity contribution in [3.63, 3.8) is 0 Å². The van der Waals surface area contributed by atoms with Gasteiger partial charge in [-0.3, -0.25) is 9.59 Å². The zero-order chi connectivity index (χ0) is 28.8. The molecule has 2 bridgehead atoms. The molecule has 5 rings (SSSR count). The Morgan fingerprint density at radius 2 is 1.63 bits per heavy atom. The van der Waals surface area contributed by atoms with Crippen molar-refractivity contribution in [3.8, 4) is 11.5 Å². The van der Waals surface area contributed by atoms with Gasteiger partial charge in [0.05, 0.1) is 6.04 Å². The summed E-state index contributed by atoms with van der Waals surface area (Å²) in [6, 6.07) is 26.0. The fourth-order valence-electron chi connectivity index (χ4n) is 5.65. The molecule has 0 unspecified atom stereocenters. The number of carbonyl (C=O) groups excluding carboxylic acids is 2. The van der Waals surface area contributed by atoms with Gasteiger partial charge in [-0.1, -0.05) is 60.7 Å². The van der Waals surface area contributed by atoms with Gasteiger partial charge in [0.25, 0.3) is 5.91 Å². The van der Waals surface area contributed by atoms with E-state index in [2.05, 4.69) is 17.4 Å². The van der Waals surface area contributed by atoms with Crippen molar-refractivity contribution in [2.75, 3.05) is 39.9 Å². The van der Waals surface area contributed by atoms with Crippen LogP contribution < -0.4 is 14.8 Å². The van der Waals surface area contributed by atoms with E-state index in [1.807, 2.05) is 90.5 Å². The number of fused-ring (bicyclic) bond motifs is 2. The van der Waals surface area contributed by atoms with E-state index >= 15 is 0 Å². The fraction of sp³-hybridized carbons (Fsp3) is 0.353. The quantitative estimate of drug-likeness (QED) is 0.375. The second-order valence-electron chi connectivity index (χ2n) is 10.9. The number of hydrogen-bond donors (Lipinski definition) is 1. The Hall–Kier alpha value is -4.10. The average molecular weight is 554 g/mol. The molecule has 214 valence electrons. The lowest BCUT2D eigenvalue weighted by Gasteiger charge is -2.44. The van der Waals surface area contributed by atoms with E-state index in [4.69, 9.17) is 9.47 Å². The van der Waals surface area contributed by atoms with E-state index in [1.54, 1.807) is 6.92 Å². The molecule has 2 aliphatic rings. The zero-order valence-electron chi connectivity index (χ0n) is 24.1. The molecule has 2 aliphatic heterocycles. The summed E-state index contributed by atoms with van der Waals surface area (Å²) >= 11 is 0. The van der Waals surface area contributed by atoms with Crippen LogP contribution in [0.25, 0.3) is 5.57 Å². The highest BCUT2D eigenvalue weighted by molar-refractivity contribution is 6.03. The minimum atomic E-state index is -0.206. The summed E-state index contributed by atoms with van der Waals surface area (Å²) in [4.78, 5) is 29.9. The van der Waals surface area contributed by atoms with Crippen LogP contribution in [0.15, 0.2) is 84.4 Å². The highest BCUT2D eigenvalue weighted by Crippen LogP contribution is 2.34. The van der Waals surface area contributed by atoms with Gasteiger partial charge in [0.15, 0.2) is 0 Å². The number of hydrogen-bond acceptors (Lipinski definition) is 5. The Kier molecular flexibility index (Phi) is 9.04. The molecule has 0 aliphatic carbocycles. The van der Waals surface area contributed by atoms with Crippen molar-refractivity contribution in [1.29, 1.82) is 0 Å². The smallest absolute Gasteiger partial charge is 0.251 e. The van der Waals surface area contributed by atoms with E-state index in [1.165, 1.54) is 5.56 Å². The van der Waals surface area contributed by atoms with Crippen LogP contribution in [-0.2, 0) is 16.0 Å². The molecule has 1 saturated heterocycles. The van der Waals surface area contributed by atoms with Crippen molar-refractivity contribution in [3.05, 3.63) is 101 Å². The summed E-state index contributed by atoms with van der Waals surface area (Å²) in [5, 5.41) is 3.62. The van der Waals surface area contributed by atoms with Gasteiger partial charge in [-0.05, 0) is 60.2 Å². The SMILES string of the molecule is CC(=O)N1C[C@H]2CC(c3ccc(OCCOc4ccccc4C)cc3)=C(C(=O)N(C)CCc3ccccc3)[C@@H](C1)N2. The molecule has 2 atom stereocenters. The van der Waals surface area contributed by atoms with Crippen LogP contribution in [0.5, 0.6) is 11.5 Å². The van der Waals surface area contributed by atoms with E-state index in [0.717, 1.165) is 40.2 Å². The summed E-state index contributed by atoms with van der Waals surface area (Å²) in [5.41, 5.74) is 5.11. The highest BCUT2D eigenvalue weighted by Gasteiger charge is 2.39. The molecule has 41 heavy (non-hydrogen) atoms. The molecule has 0 radical (unpaired) electrons. The van der Waals surface area contributed by atoms with Crippen LogP contribution in [0.2, 0.25) is 0 Å². The first-order valence-electron chi connectivity index (χ1n) is 14.3. The molecule has 0 saturated carbocycles. The maximum absolute atomic E-state index is 13.9. The lowest BCUT2D eigenvalue weighted by Crippen LogP contribution is -2.61. The van der Waals surface area contributed by atoms with Gasteiger partial charge in [-0.2, -0.15) is 0 Å². The number of likely N-dealkylation sites (N-methyl/N-ethyl adjacent to an activating group) is 1. The van der Waals surface area contributed by atoms with Gasteiger partial charge >= 0.3 is 0 Å². The van der Waals surface area contributed by atoms with Gasteiger partial charge in [0.2, 0.25) is 5.91 Å². The molecule has 2 heterocycles. The monoisotopic (exact) mass is 553 g/mol. The summed E-state index contributed by atoms with van der Waals surface area (Å²) in [6.45, 7) is 6.26. The zero-order valence-corrected chi connectivity index (χ0v) is 24.1. The second-order valence-corrected chi connectivity index (χ2v) is 10.9. The number of amides is 2. The number of nitrogens with zero attached hydrogens (tertiary/aromatic N) is 2. The molecular weight excluding hydrogens is 514 g/mol. The van der Waals surface area contributed by atoms with Crippen molar-refractivity contribution in [1.82, 2.24) is 15.1 Å². The number of ether oxygens (including phenoxy) is 2. The number of rotatable bonds is 10. The lowest BCUT2D eigenvalue weighted by molar-refractivity contribution is -0.132. The molecule has 7 nitrogen and oxygen atoms in total. The molecular formula is C34H39N3O4. The first kappa shape index (κ1) is 28.4. The van der Waals surface area contributed by atoms with Crippen LogP contribution in [0.1, 0.15) is 30.0 Å². The number of nitrogens with one attached hydrogen (secondary N) is 1. The third-order valence-corrected chi connectivity index (χ3v) is 7.91. The topological polar surface area (TPSA) is 71.1 Å². The van der Waals surface area contributed by atoms with E-state index < -0.39 is 0 Å². The average Bonchev–Trinajstić information content (AvgIpc) is 2.99. The largest absolute Gasteiger partial charge is 0.490 e. The van der Waals surface area contributed by atoms with Crippen molar-refractivity contribution in [2.45, 2.75) is 38.8 Å². The fourth-order valence-corrected chi connectivity index (χ4v) is 5.65. The minimum absolute atomic E-state index is 0.00552. The van der Waals surface area contributed by atoms with Crippen LogP contribution in [-0.4, -0.2) is 73.6 Å². The molecule has 3 aromatic rings. The Morgan fingerprint density at radius 3 is 2.37 bits per heavy atom. The minimum Gasteiger partial charge on any atom is -0.490 e. The normalized spacial score (nSPS) is 18.2. The first-order valence-corrected chi connectivity index (χ1v) is 14.3. The maximum atomic E-state index is 13.9. The van der Waals surface area contributed by atoms with Crippen LogP contribution in [0, 0.1) is 6.92 Å². The standard InChI is InChI=1S/C34H39N3O4/c1-24-9-7-8-12-32(24)41-20-19-40-29-15-13-27(14-16-29)30-21-28-22-37(25(2)38)23-31(35-28)33(30)34(39)36(3)18-17-26-10-5-4-6-11-26/h4-16,28,31,35H,17-23H2,1-3H3/t28-,31-/m1/s1. The van der Waals surface area contributed by atoms with Crippen molar-refractivity contribution >= 4 is 17.4 Å². The molecule has 1 fully saturated rings. The van der Waals surface area contributed by atoms with Crippen LogP contribution in [0.3, 0.4) is 0 Å². The van der Waals surface area contributed by atoms with E-state index in [0.29, 0.717) is 39.3 Å². The summed E-state index contributed by atoms with van der Waals surface area (Å²) in [5.74, 6) is 1.67.